The quantitative estimate of drug-likeness (QED) is 0.279. The topological polar surface area (TPSA) is 111 Å². The number of amides is 1. The molecule has 0 radical (unpaired) electrons. The van der Waals surface area contributed by atoms with Crippen LogP contribution in [0.3, 0.4) is 0 Å². The molecule has 0 saturated carbocycles. The van der Waals surface area contributed by atoms with Crippen LogP contribution in [0, 0.1) is 10.1 Å². The first-order valence-corrected chi connectivity index (χ1v) is 10.1. The van der Waals surface area contributed by atoms with Gasteiger partial charge in [-0.1, -0.05) is 12.1 Å². The normalized spacial score (nSPS) is 14.1. The van der Waals surface area contributed by atoms with Gasteiger partial charge in [-0.05, 0) is 29.8 Å². The predicted octanol–water partition coefficient (Wildman–Crippen LogP) is 3.65. The van der Waals surface area contributed by atoms with Gasteiger partial charge in [-0.15, -0.1) is 0 Å². The van der Waals surface area contributed by atoms with Crippen molar-refractivity contribution in [2.24, 2.45) is 0 Å². The molecule has 2 aromatic carbocycles. The van der Waals surface area contributed by atoms with Crippen molar-refractivity contribution in [2.75, 3.05) is 43.1 Å². The lowest BCUT2D eigenvalue weighted by molar-refractivity contribution is -0.384. The molecule has 0 atom stereocenters. The monoisotopic (exact) mass is 479 g/mol. The Morgan fingerprint density at radius 2 is 1.91 bits per heavy atom. The molecule has 0 bridgehead atoms. The summed E-state index contributed by atoms with van der Waals surface area (Å²) >= 11 is 0. The van der Waals surface area contributed by atoms with E-state index in [1.807, 2.05) is 0 Å². The number of carbonyl (C=O) groups excluding carboxylic acids is 2. The van der Waals surface area contributed by atoms with E-state index in [-0.39, 0.29) is 11.4 Å². The lowest BCUT2D eigenvalue weighted by Crippen LogP contribution is -2.37. The smallest absolute Gasteiger partial charge is 0.416 e. The second kappa shape index (κ2) is 10.8. The highest BCUT2D eigenvalue weighted by atomic mass is 19.4. The van der Waals surface area contributed by atoms with Crippen molar-refractivity contribution >= 4 is 35.0 Å². The fraction of sp³-hybridized carbons (Fsp3) is 0.273. The van der Waals surface area contributed by atoms with E-state index < -0.39 is 35.1 Å². The zero-order valence-electron chi connectivity index (χ0n) is 17.7. The van der Waals surface area contributed by atoms with Crippen LogP contribution in [0.25, 0.3) is 6.08 Å². The summed E-state index contributed by atoms with van der Waals surface area (Å²) in [6.07, 6.45) is -2.35. The van der Waals surface area contributed by atoms with Crippen molar-refractivity contribution in [1.29, 1.82) is 0 Å². The molecule has 1 heterocycles. The average Bonchev–Trinajstić information content (AvgIpc) is 2.81. The summed E-state index contributed by atoms with van der Waals surface area (Å²) in [5, 5.41) is 13.2. The van der Waals surface area contributed by atoms with E-state index >= 15 is 0 Å². The largest absolute Gasteiger partial charge is 0.452 e. The van der Waals surface area contributed by atoms with Gasteiger partial charge in [-0.3, -0.25) is 14.9 Å². The Hall–Kier alpha value is -3.93. The third-order valence-electron chi connectivity index (χ3n) is 4.79. The van der Waals surface area contributed by atoms with E-state index in [0.717, 1.165) is 18.2 Å². The summed E-state index contributed by atoms with van der Waals surface area (Å²) in [5.41, 5.74) is -0.398. The lowest BCUT2D eigenvalue weighted by atomic mass is 10.1. The van der Waals surface area contributed by atoms with Crippen molar-refractivity contribution in [3.05, 3.63) is 69.8 Å². The number of nitro groups is 1. The number of nitrogens with zero attached hydrogens (tertiary/aromatic N) is 2. The first-order valence-electron chi connectivity index (χ1n) is 10.1. The standard InChI is InChI=1S/C22H20F3N3O6/c23-22(24,25)16-5-6-19(27-8-10-33-11-9-27)18(13-16)26-20(29)14-34-21(30)7-4-15-2-1-3-17(12-15)28(31)32/h1-7,12-13H,8-11,14H2,(H,26,29)/b7-4+. The average molecular weight is 479 g/mol. The van der Waals surface area contributed by atoms with Crippen LogP contribution in [0.15, 0.2) is 48.5 Å². The molecule has 3 rings (SSSR count). The highest BCUT2D eigenvalue weighted by Gasteiger charge is 2.32. The molecule has 180 valence electrons. The Morgan fingerprint density at radius 3 is 2.59 bits per heavy atom. The summed E-state index contributed by atoms with van der Waals surface area (Å²) < 4.78 is 49.6. The Morgan fingerprint density at radius 1 is 1.18 bits per heavy atom. The highest BCUT2D eigenvalue weighted by molar-refractivity contribution is 5.97. The fourth-order valence-electron chi connectivity index (χ4n) is 3.17. The number of esters is 1. The van der Waals surface area contributed by atoms with Gasteiger partial charge in [0.2, 0.25) is 0 Å². The van der Waals surface area contributed by atoms with Gasteiger partial charge in [0.15, 0.2) is 6.61 Å². The van der Waals surface area contributed by atoms with Gasteiger partial charge in [0.25, 0.3) is 11.6 Å². The van der Waals surface area contributed by atoms with Gasteiger partial charge in [-0.2, -0.15) is 13.2 Å². The Balaban J connectivity index is 1.64. The number of nitro benzene ring substituents is 1. The molecule has 1 fully saturated rings. The minimum Gasteiger partial charge on any atom is -0.452 e. The van der Waals surface area contributed by atoms with Gasteiger partial charge in [0.1, 0.15) is 0 Å². The fourth-order valence-corrected chi connectivity index (χ4v) is 3.17. The van der Waals surface area contributed by atoms with Crippen molar-refractivity contribution in [3.63, 3.8) is 0 Å². The summed E-state index contributed by atoms with van der Waals surface area (Å²) in [4.78, 5) is 36.2. The molecule has 34 heavy (non-hydrogen) atoms. The van der Waals surface area contributed by atoms with E-state index in [1.165, 1.54) is 36.4 Å². The number of alkyl halides is 3. The van der Waals surface area contributed by atoms with Crippen molar-refractivity contribution in [1.82, 2.24) is 0 Å². The van der Waals surface area contributed by atoms with E-state index in [9.17, 15) is 32.9 Å². The molecule has 2 aromatic rings. The van der Waals surface area contributed by atoms with Crippen LogP contribution < -0.4 is 10.2 Å². The molecule has 0 aromatic heterocycles. The number of rotatable bonds is 7. The molecule has 1 N–H and O–H groups in total. The number of halogens is 3. The number of non-ortho nitro benzene ring substituents is 1. The SMILES string of the molecule is O=C(COC(=O)/C=C/c1cccc([N+](=O)[O-])c1)Nc1cc(C(F)(F)F)ccc1N1CCOCC1. The van der Waals surface area contributed by atoms with Crippen molar-refractivity contribution in [3.8, 4) is 0 Å². The Bertz CT molecular complexity index is 1100. The van der Waals surface area contributed by atoms with Crippen LogP contribution in [-0.4, -0.2) is 49.7 Å². The van der Waals surface area contributed by atoms with Crippen LogP contribution in [-0.2, 0) is 25.2 Å². The lowest BCUT2D eigenvalue weighted by Gasteiger charge is -2.31. The number of hydrogen-bond acceptors (Lipinski definition) is 7. The first kappa shape index (κ1) is 24.7. The van der Waals surface area contributed by atoms with E-state index in [2.05, 4.69) is 5.32 Å². The number of carbonyl (C=O) groups is 2. The summed E-state index contributed by atoms with van der Waals surface area (Å²) in [7, 11) is 0. The second-order valence-electron chi connectivity index (χ2n) is 7.17. The van der Waals surface area contributed by atoms with Gasteiger partial charge in [0, 0.05) is 31.3 Å². The third kappa shape index (κ3) is 6.78. The number of hydrogen-bond donors (Lipinski definition) is 1. The van der Waals surface area contributed by atoms with E-state index in [4.69, 9.17) is 9.47 Å². The predicted molar refractivity (Wildman–Crippen MR) is 116 cm³/mol. The van der Waals surface area contributed by atoms with Crippen LogP contribution >= 0.6 is 0 Å². The zero-order valence-corrected chi connectivity index (χ0v) is 17.7. The molecule has 0 spiro atoms. The molecular weight excluding hydrogens is 459 g/mol. The maximum atomic E-state index is 13.2. The number of benzene rings is 2. The zero-order chi connectivity index (χ0) is 24.7. The summed E-state index contributed by atoms with van der Waals surface area (Å²) in [5.74, 6) is -1.73. The molecule has 0 unspecified atom stereocenters. The highest BCUT2D eigenvalue weighted by Crippen LogP contribution is 2.35. The molecule has 0 aliphatic carbocycles. The molecule has 1 aliphatic rings. The molecule has 1 saturated heterocycles. The Labute approximate surface area is 191 Å². The summed E-state index contributed by atoms with van der Waals surface area (Å²) in [6, 6.07) is 8.54. The summed E-state index contributed by atoms with van der Waals surface area (Å²) in [6.45, 7) is 0.917. The first-order chi connectivity index (χ1) is 16.1. The second-order valence-corrected chi connectivity index (χ2v) is 7.17. The molecule has 9 nitrogen and oxygen atoms in total. The minimum absolute atomic E-state index is 0.0649. The molecular formula is C22H20F3N3O6. The number of ether oxygens (including phenoxy) is 2. The minimum atomic E-state index is -4.60. The van der Waals surface area contributed by atoms with Gasteiger partial charge in [-0.25, -0.2) is 4.79 Å². The molecule has 1 aliphatic heterocycles. The van der Waals surface area contributed by atoms with Crippen molar-refractivity contribution in [2.45, 2.75) is 6.18 Å². The molecule has 1 amide bonds. The van der Waals surface area contributed by atoms with Crippen LogP contribution in [0.5, 0.6) is 0 Å². The molecule has 12 heteroatoms. The van der Waals surface area contributed by atoms with Gasteiger partial charge >= 0.3 is 12.1 Å². The van der Waals surface area contributed by atoms with Crippen LogP contribution in [0.2, 0.25) is 0 Å². The number of morpholine rings is 1. The van der Waals surface area contributed by atoms with E-state index in [1.54, 1.807) is 4.90 Å². The van der Waals surface area contributed by atoms with Crippen LogP contribution in [0.4, 0.5) is 30.2 Å². The maximum Gasteiger partial charge on any atom is 0.416 e. The van der Waals surface area contributed by atoms with E-state index in [0.29, 0.717) is 37.6 Å². The van der Waals surface area contributed by atoms with Crippen LogP contribution in [0.1, 0.15) is 11.1 Å². The number of anilines is 2. The maximum absolute atomic E-state index is 13.2. The number of nitrogens with one attached hydrogen (secondary N) is 1. The van der Waals surface area contributed by atoms with Crippen molar-refractivity contribution < 1.29 is 37.2 Å². The third-order valence-corrected chi connectivity index (χ3v) is 4.79. The van der Waals surface area contributed by atoms with Gasteiger partial charge < -0.3 is 19.7 Å². The Kier molecular flexibility index (Phi) is 7.84. The van der Waals surface area contributed by atoms with Gasteiger partial charge in [0.05, 0.1) is 35.1 Å².